The minimum atomic E-state index is -2.65. The summed E-state index contributed by atoms with van der Waals surface area (Å²) in [5.74, 6) is 0. The lowest BCUT2D eigenvalue weighted by Gasteiger charge is -2.47. The first-order valence-electron chi connectivity index (χ1n) is 13.4. The maximum atomic E-state index is 7.47. The second kappa shape index (κ2) is 13.4. The Labute approximate surface area is 237 Å². The Morgan fingerprint density at radius 2 is 1.28 bits per heavy atom. The van der Waals surface area contributed by atoms with Gasteiger partial charge in [-0.3, -0.25) is 0 Å². The summed E-state index contributed by atoms with van der Waals surface area (Å²) in [6, 6.07) is 21.9. The molecule has 0 aliphatic rings. The number of benzene rings is 2. The van der Waals surface area contributed by atoms with E-state index in [0.717, 1.165) is 12.8 Å². The Morgan fingerprint density at radius 1 is 0.778 bits per heavy atom. The zero-order valence-electron chi connectivity index (χ0n) is 24.1. The summed E-state index contributed by atoms with van der Waals surface area (Å²) in [5, 5.41) is 2.73. The number of alkyl halides is 1. The van der Waals surface area contributed by atoms with E-state index in [4.69, 9.17) is 8.85 Å². The standard InChI is InChI=1S/C31H49IO2Si2/c1-26(29(24-18-10-11-19-25-32)34-35(8,9)30(2,3)4)33-36(31(5,6)7,27-20-14-12-15-21-27)28-22-16-13-17-23-28/h10,12-18,20-23,26,29H,11,19,24-25H2,1-9H3/b18-10-/t26-,29+/m1/s1. The van der Waals surface area contributed by atoms with Crippen LogP contribution in [0.1, 0.15) is 67.7 Å². The molecule has 0 saturated heterocycles. The molecule has 2 rings (SSSR count). The van der Waals surface area contributed by atoms with E-state index < -0.39 is 16.6 Å². The van der Waals surface area contributed by atoms with E-state index in [1.165, 1.54) is 21.2 Å². The molecule has 0 radical (unpaired) electrons. The van der Waals surface area contributed by atoms with Crippen molar-refractivity contribution in [3.8, 4) is 0 Å². The van der Waals surface area contributed by atoms with E-state index in [1.807, 2.05) is 0 Å². The second-order valence-electron chi connectivity index (χ2n) is 12.4. The van der Waals surface area contributed by atoms with Gasteiger partial charge in [0.25, 0.3) is 8.32 Å². The first kappa shape index (κ1) is 31.5. The first-order chi connectivity index (χ1) is 16.8. The SMILES string of the molecule is C[C@@H](O[Si](c1ccccc1)(c1ccccc1)C(C)(C)C)[C@H](C/C=C\CCCI)O[Si](C)(C)C(C)(C)C. The van der Waals surface area contributed by atoms with E-state index >= 15 is 0 Å². The third kappa shape index (κ3) is 7.89. The Bertz CT molecular complexity index is 891. The van der Waals surface area contributed by atoms with Crippen LogP contribution in [0.25, 0.3) is 0 Å². The van der Waals surface area contributed by atoms with Crippen LogP contribution in [0.5, 0.6) is 0 Å². The predicted molar refractivity (Wildman–Crippen MR) is 172 cm³/mol. The van der Waals surface area contributed by atoms with Gasteiger partial charge in [0.15, 0.2) is 8.32 Å². The van der Waals surface area contributed by atoms with Crippen LogP contribution < -0.4 is 10.4 Å². The average Bonchev–Trinajstić information content (AvgIpc) is 2.81. The molecule has 0 aliphatic carbocycles. The van der Waals surface area contributed by atoms with E-state index in [0.29, 0.717) is 0 Å². The van der Waals surface area contributed by atoms with Crippen molar-refractivity contribution >= 4 is 49.6 Å². The molecule has 0 aromatic heterocycles. The van der Waals surface area contributed by atoms with Gasteiger partial charge in [-0.15, -0.1) is 0 Å². The molecular formula is C31H49IO2Si2. The summed E-state index contributed by atoms with van der Waals surface area (Å²) in [6.07, 6.45) is 7.86. The van der Waals surface area contributed by atoms with Crippen molar-refractivity contribution in [1.82, 2.24) is 0 Å². The largest absolute Gasteiger partial charge is 0.411 e. The molecule has 0 amide bonds. The second-order valence-corrected chi connectivity index (χ2v) is 22.5. The van der Waals surface area contributed by atoms with Gasteiger partial charge in [0.05, 0.1) is 12.2 Å². The molecule has 0 unspecified atom stereocenters. The van der Waals surface area contributed by atoms with Crippen molar-refractivity contribution in [2.75, 3.05) is 4.43 Å². The first-order valence-corrected chi connectivity index (χ1v) is 19.8. The van der Waals surface area contributed by atoms with Gasteiger partial charge in [-0.05, 0) is 64.2 Å². The van der Waals surface area contributed by atoms with Gasteiger partial charge in [0.2, 0.25) is 0 Å². The van der Waals surface area contributed by atoms with Crippen LogP contribution in [0.2, 0.25) is 23.2 Å². The highest BCUT2D eigenvalue weighted by Crippen LogP contribution is 2.41. The number of hydrogen-bond acceptors (Lipinski definition) is 2. The number of allylic oxidation sites excluding steroid dienone is 1. The monoisotopic (exact) mass is 636 g/mol. The fraction of sp³-hybridized carbons (Fsp3) is 0.548. The molecule has 0 N–H and O–H groups in total. The molecule has 200 valence electrons. The van der Waals surface area contributed by atoms with Crippen molar-refractivity contribution in [2.24, 2.45) is 0 Å². The number of rotatable bonds is 12. The van der Waals surface area contributed by atoms with Gasteiger partial charge in [-0.1, -0.05) is 137 Å². The maximum absolute atomic E-state index is 7.47. The molecule has 0 aliphatic heterocycles. The molecule has 0 saturated carbocycles. The van der Waals surface area contributed by atoms with Crippen LogP contribution in [0.4, 0.5) is 0 Å². The molecule has 36 heavy (non-hydrogen) atoms. The topological polar surface area (TPSA) is 18.5 Å². The summed E-state index contributed by atoms with van der Waals surface area (Å²) in [4.78, 5) is 0. The van der Waals surface area contributed by atoms with E-state index in [2.05, 4.69) is 157 Å². The van der Waals surface area contributed by atoms with Crippen LogP contribution >= 0.6 is 22.6 Å². The van der Waals surface area contributed by atoms with Gasteiger partial charge >= 0.3 is 0 Å². The quantitative estimate of drug-likeness (QED) is 0.0765. The zero-order valence-corrected chi connectivity index (χ0v) is 28.3. The summed E-state index contributed by atoms with van der Waals surface area (Å²) in [7, 11) is -4.63. The molecule has 0 heterocycles. The van der Waals surface area contributed by atoms with E-state index in [1.54, 1.807) is 0 Å². The normalized spacial score (nSPS) is 15.3. The highest BCUT2D eigenvalue weighted by Gasteiger charge is 2.52. The molecule has 5 heteroatoms. The minimum Gasteiger partial charge on any atom is -0.411 e. The highest BCUT2D eigenvalue weighted by molar-refractivity contribution is 14.1. The number of hydrogen-bond donors (Lipinski definition) is 0. The molecule has 0 bridgehead atoms. The van der Waals surface area contributed by atoms with Crippen molar-refractivity contribution < 1.29 is 8.85 Å². The van der Waals surface area contributed by atoms with Crippen LogP contribution in [-0.2, 0) is 8.85 Å². The van der Waals surface area contributed by atoms with Crippen molar-refractivity contribution in [3.05, 3.63) is 72.8 Å². The average molecular weight is 637 g/mol. The highest BCUT2D eigenvalue weighted by atomic mass is 127. The van der Waals surface area contributed by atoms with Gasteiger partial charge in [-0.2, -0.15) is 0 Å². The summed E-state index contributed by atoms with van der Waals surface area (Å²) < 4.78 is 15.8. The molecule has 2 aromatic rings. The third-order valence-electron chi connectivity index (χ3n) is 7.59. The number of unbranched alkanes of at least 4 members (excludes halogenated alkanes) is 1. The van der Waals surface area contributed by atoms with Gasteiger partial charge in [0, 0.05) is 0 Å². The fourth-order valence-corrected chi connectivity index (χ4v) is 11.0. The zero-order chi connectivity index (χ0) is 27.0. The molecular weight excluding hydrogens is 587 g/mol. The van der Waals surface area contributed by atoms with Gasteiger partial charge in [0.1, 0.15) is 0 Å². The van der Waals surface area contributed by atoms with Crippen molar-refractivity contribution in [3.63, 3.8) is 0 Å². The Kier molecular flexibility index (Phi) is 11.7. The minimum absolute atomic E-state index is 0.0170. The Hall–Kier alpha value is -0.736. The number of halogens is 1. The molecule has 0 fully saturated rings. The fourth-order valence-electron chi connectivity index (χ4n) is 4.48. The van der Waals surface area contributed by atoms with E-state index in [9.17, 15) is 0 Å². The lowest BCUT2D eigenvalue weighted by molar-refractivity contribution is 0.0512. The van der Waals surface area contributed by atoms with Crippen LogP contribution in [0.3, 0.4) is 0 Å². The van der Waals surface area contributed by atoms with Crippen molar-refractivity contribution in [1.29, 1.82) is 0 Å². The summed E-state index contributed by atoms with van der Waals surface area (Å²) in [6.45, 7) is 21.0. The van der Waals surface area contributed by atoms with Gasteiger partial charge in [-0.25, -0.2) is 0 Å². The molecule has 0 spiro atoms. The van der Waals surface area contributed by atoms with E-state index in [-0.39, 0.29) is 22.3 Å². The van der Waals surface area contributed by atoms with Crippen LogP contribution in [0, 0.1) is 0 Å². The molecule has 2 atom stereocenters. The van der Waals surface area contributed by atoms with Gasteiger partial charge < -0.3 is 8.85 Å². The lowest BCUT2D eigenvalue weighted by Crippen LogP contribution is -2.68. The summed E-state index contributed by atoms with van der Waals surface area (Å²) in [5.41, 5.74) is 0. The maximum Gasteiger partial charge on any atom is 0.261 e. The Balaban J connectivity index is 2.55. The van der Waals surface area contributed by atoms with Crippen LogP contribution in [0.15, 0.2) is 72.8 Å². The third-order valence-corrected chi connectivity index (χ3v) is 18.0. The van der Waals surface area contributed by atoms with Crippen LogP contribution in [-0.4, -0.2) is 33.3 Å². The molecule has 2 aromatic carbocycles. The van der Waals surface area contributed by atoms with Crippen molar-refractivity contribution in [2.45, 2.75) is 103 Å². The molecule has 2 nitrogen and oxygen atoms in total. The Morgan fingerprint density at radius 3 is 1.69 bits per heavy atom. The predicted octanol–water partition coefficient (Wildman–Crippen LogP) is 8.50. The smallest absolute Gasteiger partial charge is 0.261 e. The summed E-state index contributed by atoms with van der Waals surface area (Å²) >= 11 is 2.45. The lowest BCUT2D eigenvalue weighted by atomic mass is 10.1.